The zero-order valence-electron chi connectivity index (χ0n) is 13.8. The third kappa shape index (κ3) is 5.69. The highest BCUT2D eigenvalue weighted by Gasteiger charge is 2.36. The fraction of sp³-hybridized carbons (Fsp3) is 0.714. The number of hydrogen-bond acceptors (Lipinski definition) is 5. The molecular formula is C14H26N6O4. The van der Waals surface area contributed by atoms with Gasteiger partial charge >= 0.3 is 5.97 Å². The molecule has 0 aromatic rings. The molecule has 0 aliphatic carbocycles. The molecule has 2 amide bonds. The van der Waals surface area contributed by atoms with Crippen LogP contribution in [0.25, 0.3) is 0 Å². The molecule has 1 fully saturated rings. The molecular weight excluding hydrogens is 316 g/mol. The van der Waals surface area contributed by atoms with E-state index in [0.717, 1.165) is 0 Å². The zero-order chi connectivity index (χ0) is 18.3. The van der Waals surface area contributed by atoms with Crippen LogP contribution < -0.4 is 22.5 Å². The van der Waals surface area contributed by atoms with E-state index in [9.17, 15) is 19.5 Å². The first kappa shape index (κ1) is 19.7. The van der Waals surface area contributed by atoms with Gasteiger partial charge in [-0.05, 0) is 32.6 Å². The van der Waals surface area contributed by atoms with Gasteiger partial charge in [0.05, 0.1) is 6.04 Å². The van der Waals surface area contributed by atoms with Crippen molar-refractivity contribution in [2.75, 3.05) is 13.1 Å². The topological polar surface area (TPSA) is 177 Å². The summed E-state index contributed by atoms with van der Waals surface area (Å²) in [7, 11) is 0. The van der Waals surface area contributed by atoms with Crippen LogP contribution in [0.15, 0.2) is 4.99 Å². The van der Waals surface area contributed by atoms with Gasteiger partial charge in [0.2, 0.25) is 11.8 Å². The van der Waals surface area contributed by atoms with E-state index in [1.807, 2.05) is 0 Å². The average Bonchev–Trinajstić information content (AvgIpc) is 2.98. The summed E-state index contributed by atoms with van der Waals surface area (Å²) in [4.78, 5) is 40.9. The van der Waals surface area contributed by atoms with Gasteiger partial charge in [-0.2, -0.15) is 0 Å². The lowest BCUT2D eigenvalue weighted by Gasteiger charge is -2.26. The second-order valence-electron chi connectivity index (χ2n) is 5.83. The fourth-order valence-electron chi connectivity index (χ4n) is 2.59. The molecule has 1 rings (SSSR count). The van der Waals surface area contributed by atoms with Crippen LogP contribution in [0.3, 0.4) is 0 Å². The van der Waals surface area contributed by atoms with Gasteiger partial charge in [0.1, 0.15) is 12.1 Å². The van der Waals surface area contributed by atoms with Crippen LogP contribution in [0.4, 0.5) is 0 Å². The van der Waals surface area contributed by atoms with E-state index in [0.29, 0.717) is 25.8 Å². The molecule has 0 radical (unpaired) electrons. The van der Waals surface area contributed by atoms with Gasteiger partial charge in [0, 0.05) is 13.1 Å². The molecule has 1 heterocycles. The van der Waals surface area contributed by atoms with Crippen molar-refractivity contribution in [1.82, 2.24) is 10.2 Å². The SMILES string of the molecule is CC(N)C(=O)N1CCC[C@H]1C(=O)N[C@@H](CCCN=C(N)N)C(=O)O. The standard InChI is InChI=1S/C14H26N6O4/c1-8(15)12(22)20-7-3-5-10(20)11(21)19-9(13(23)24)4-2-6-18-14(16)17/h8-10H,2-7,15H2,1H3,(H,19,21)(H,23,24)(H4,16,17,18)/t8?,9-,10-/m0/s1. The molecule has 8 N–H and O–H groups in total. The first-order valence-electron chi connectivity index (χ1n) is 7.88. The first-order valence-corrected chi connectivity index (χ1v) is 7.88. The maximum atomic E-state index is 12.4. The zero-order valence-corrected chi connectivity index (χ0v) is 13.8. The number of nitrogens with two attached hydrogens (primary N) is 3. The summed E-state index contributed by atoms with van der Waals surface area (Å²) in [5.41, 5.74) is 16.0. The monoisotopic (exact) mass is 342 g/mol. The second-order valence-corrected chi connectivity index (χ2v) is 5.83. The van der Waals surface area contributed by atoms with Crippen LogP contribution in [0.5, 0.6) is 0 Å². The van der Waals surface area contributed by atoms with Crippen molar-refractivity contribution in [1.29, 1.82) is 0 Å². The van der Waals surface area contributed by atoms with Gasteiger partial charge < -0.3 is 32.5 Å². The van der Waals surface area contributed by atoms with Crippen LogP contribution in [-0.2, 0) is 14.4 Å². The van der Waals surface area contributed by atoms with Crippen molar-refractivity contribution >= 4 is 23.7 Å². The molecule has 0 aromatic carbocycles. The Morgan fingerprint density at radius 1 is 1.38 bits per heavy atom. The van der Waals surface area contributed by atoms with Crippen LogP contribution >= 0.6 is 0 Å². The van der Waals surface area contributed by atoms with Gasteiger partial charge in [0.25, 0.3) is 0 Å². The van der Waals surface area contributed by atoms with E-state index in [1.54, 1.807) is 6.92 Å². The number of likely N-dealkylation sites (tertiary alicyclic amines) is 1. The largest absolute Gasteiger partial charge is 0.480 e. The quantitative estimate of drug-likeness (QED) is 0.191. The molecule has 0 saturated carbocycles. The van der Waals surface area contributed by atoms with Crippen molar-refractivity contribution in [3.8, 4) is 0 Å². The Balaban J connectivity index is 2.62. The maximum Gasteiger partial charge on any atom is 0.326 e. The van der Waals surface area contributed by atoms with Crippen LogP contribution in [0.2, 0.25) is 0 Å². The number of aliphatic carboxylic acids is 1. The number of nitrogens with one attached hydrogen (secondary N) is 1. The number of nitrogens with zero attached hydrogens (tertiary/aromatic N) is 2. The van der Waals surface area contributed by atoms with Crippen LogP contribution in [0.1, 0.15) is 32.6 Å². The highest BCUT2D eigenvalue weighted by Crippen LogP contribution is 2.18. The summed E-state index contributed by atoms with van der Waals surface area (Å²) < 4.78 is 0. The number of guanidine groups is 1. The highest BCUT2D eigenvalue weighted by atomic mass is 16.4. The Kier molecular flexibility index (Phi) is 7.43. The number of hydrogen-bond donors (Lipinski definition) is 5. The minimum atomic E-state index is -1.14. The highest BCUT2D eigenvalue weighted by molar-refractivity contribution is 5.92. The van der Waals surface area contributed by atoms with Gasteiger partial charge in [-0.1, -0.05) is 0 Å². The van der Waals surface area contributed by atoms with Gasteiger partial charge in [0.15, 0.2) is 5.96 Å². The minimum Gasteiger partial charge on any atom is -0.480 e. The van der Waals surface area contributed by atoms with E-state index in [2.05, 4.69) is 10.3 Å². The molecule has 0 bridgehead atoms. The number of carbonyl (C=O) groups excluding carboxylic acids is 2. The number of carbonyl (C=O) groups is 3. The Morgan fingerprint density at radius 3 is 2.58 bits per heavy atom. The lowest BCUT2D eigenvalue weighted by atomic mass is 10.1. The normalized spacial score (nSPS) is 19.4. The Hall–Kier alpha value is -2.36. The molecule has 1 aliphatic rings. The average molecular weight is 342 g/mol. The molecule has 10 heteroatoms. The third-order valence-electron chi connectivity index (χ3n) is 3.79. The summed E-state index contributed by atoms with van der Waals surface area (Å²) in [5, 5.41) is 11.7. The van der Waals surface area contributed by atoms with Crippen molar-refractivity contribution in [3.63, 3.8) is 0 Å². The molecule has 0 spiro atoms. The molecule has 1 unspecified atom stereocenters. The van der Waals surface area contributed by atoms with E-state index >= 15 is 0 Å². The lowest BCUT2D eigenvalue weighted by molar-refractivity contribution is -0.144. The van der Waals surface area contributed by atoms with Gasteiger partial charge in [-0.25, -0.2) is 4.79 Å². The van der Waals surface area contributed by atoms with E-state index in [-0.39, 0.29) is 24.8 Å². The number of aliphatic imine (C=N–C) groups is 1. The van der Waals surface area contributed by atoms with Gasteiger partial charge in [-0.15, -0.1) is 0 Å². The Bertz CT molecular complexity index is 503. The predicted octanol–water partition coefficient (Wildman–Crippen LogP) is -2.05. The van der Waals surface area contributed by atoms with Crippen LogP contribution in [-0.4, -0.2) is 65.0 Å². The summed E-state index contributed by atoms with van der Waals surface area (Å²) in [5.74, 6) is -2.00. The molecule has 1 aliphatic heterocycles. The number of rotatable bonds is 8. The summed E-state index contributed by atoms with van der Waals surface area (Å²) in [6.07, 6.45) is 1.76. The molecule has 10 nitrogen and oxygen atoms in total. The van der Waals surface area contributed by atoms with E-state index < -0.39 is 30.0 Å². The first-order chi connectivity index (χ1) is 11.2. The third-order valence-corrected chi connectivity index (χ3v) is 3.79. The van der Waals surface area contributed by atoms with E-state index in [4.69, 9.17) is 17.2 Å². The molecule has 0 aromatic heterocycles. The molecule has 1 saturated heterocycles. The summed E-state index contributed by atoms with van der Waals surface area (Å²) in [6.45, 7) is 2.28. The van der Waals surface area contributed by atoms with Crippen molar-refractivity contribution in [3.05, 3.63) is 0 Å². The molecule has 24 heavy (non-hydrogen) atoms. The summed E-state index contributed by atoms with van der Waals surface area (Å²) in [6, 6.07) is -2.43. The number of amides is 2. The molecule has 3 atom stereocenters. The van der Waals surface area contributed by atoms with Crippen LogP contribution in [0, 0.1) is 0 Å². The maximum absolute atomic E-state index is 12.4. The fourth-order valence-corrected chi connectivity index (χ4v) is 2.59. The predicted molar refractivity (Wildman–Crippen MR) is 87.9 cm³/mol. The minimum absolute atomic E-state index is 0.0677. The Labute approximate surface area is 140 Å². The lowest BCUT2D eigenvalue weighted by Crippen LogP contribution is -2.53. The smallest absolute Gasteiger partial charge is 0.326 e. The number of carboxylic acid groups (broad SMARTS) is 1. The van der Waals surface area contributed by atoms with Crippen molar-refractivity contribution < 1.29 is 19.5 Å². The van der Waals surface area contributed by atoms with Gasteiger partial charge in [-0.3, -0.25) is 14.6 Å². The second kappa shape index (κ2) is 9.06. The number of carboxylic acids is 1. The summed E-state index contributed by atoms with van der Waals surface area (Å²) >= 11 is 0. The Morgan fingerprint density at radius 2 is 2.04 bits per heavy atom. The van der Waals surface area contributed by atoms with Crippen molar-refractivity contribution in [2.45, 2.75) is 50.7 Å². The molecule has 136 valence electrons. The van der Waals surface area contributed by atoms with Crippen molar-refractivity contribution in [2.24, 2.45) is 22.2 Å². The van der Waals surface area contributed by atoms with E-state index in [1.165, 1.54) is 4.90 Å².